The number of benzene rings is 1. The Balaban J connectivity index is 0.00000289. The first kappa shape index (κ1) is 24.2. The van der Waals surface area contributed by atoms with E-state index in [0.717, 1.165) is 44.2 Å². The van der Waals surface area contributed by atoms with Crippen LogP contribution in [0.5, 0.6) is 5.75 Å². The average Bonchev–Trinajstić information content (AvgIpc) is 3.21. The third-order valence-corrected chi connectivity index (χ3v) is 6.04. The van der Waals surface area contributed by atoms with E-state index in [9.17, 15) is 4.79 Å². The number of morpholine rings is 1. The van der Waals surface area contributed by atoms with Crippen LogP contribution in [0.2, 0.25) is 0 Å². The summed E-state index contributed by atoms with van der Waals surface area (Å²) in [5, 5.41) is 0. The molecular formula is C23H32ClN5O3. The van der Waals surface area contributed by atoms with E-state index >= 15 is 0 Å². The number of rotatable bonds is 8. The van der Waals surface area contributed by atoms with Gasteiger partial charge in [-0.3, -0.25) is 14.3 Å². The predicted molar refractivity (Wildman–Crippen MR) is 127 cm³/mol. The van der Waals surface area contributed by atoms with Gasteiger partial charge in [-0.2, -0.15) is 0 Å². The number of halogens is 1. The standard InChI is InChI=1S/C23H31N5O3.ClH/c1-17(2)18(3)28-16-24-21-22(28)25-15-27(23(21)29)14-19-6-4-5-7-20(19)31-13-10-26-8-11-30-12-9-26;/h4-7,15-18H,8-14H2,1-3H3;1H/t18-;/m1./s1. The number of imidazole rings is 1. The van der Waals surface area contributed by atoms with Crippen molar-refractivity contribution in [3.63, 3.8) is 0 Å². The molecular weight excluding hydrogens is 430 g/mol. The average molecular weight is 462 g/mol. The van der Waals surface area contributed by atoms with E-state index in [1.807, 2.05) is 28.8 Å². The summed E-state index contributed by atoms with van der Waals surface area (Å²) in [7, 11) is 0. The van der Waals surface area contributed by atoms with E-state index in [4.69, 9.17) is 9.47 Å². The molecule has 0 unspecified atom stereocenters. The first-order chi connectivity index (χ1) is 15.0. The fraction of sp³-hybridized carbons (Fsp3) is 0.522. The molecule has 0 radical (unpaired) electrons. The lowest BCUT2D eigenvalue weighted by molar-refractivity contribution is 0.0322. The molecule has 3 heterocycles. The highest BCUT2D eigenvalue weighted by Gasteiger charge is 2.17. The molecule has 1 aromatic carbocycles. The number of nitrogens with zero attached hydrogens (tertiary/aromatic N) is 5. The summed E-state index contributed by atoms with van der Waals surface area (Å²) >= 11 is 0. The molecule has 0 bridgehead atoms. The minimum atomic E-state index is -0.136. The zero-order chi connectivity index (χ0) is 21.8. The molecule has 0 amide bonds. The van der Waals surface area contributed by atoms with Crippen molar-refractivity contribution in [1.29, 1.82) is 0 Å². The van der Waals surface area contributed by atoms with E-state index in [-0.39, 0.29) is 24.0 Å². The first-order valence-corrected chi connectivity index (χ1v) is 11.0. The van der Waals surface area contributed by atoms with E-state index < -0.39 is 0 Å². The molecule has 0 spiro atoms. The molecule has 174 valence electrons. The predicted octanol–water partition coefficient (Wildman–Crippen LogP) is 2.99. The SMILES string of the molecule is CC(C)[C@@H](C)n1cnc2c(=O)n(Cc3ccccc3OCCN3CCOCC3)cnc21.Cl. The van der Waals surface area contributed by atoms with Crippen molar-refractivity contribution < 1.29 is 9.47 Å². The first-order valence-electron chi connectivity index (χ1n) is 11.0. The van der Waals surface area contributed by atoms with E-state index in [0.29, 0.717) is 30.2 Å². The maximum Gasteiger partial charge on any atom is 0.281 e. The summed E-state index contributed by atoms with van der Waals surface area (Å²) in [6.07, 6.45) is 3.33. The maximum absolute atomic E-state index is 13.1. The number of hydrogen-bond acceptors (Lipinski definition) is 6. The van der Waals surface area contributed by atoms with Gasteiger partial charge in [0.25, 0.3) is 5.56 Å². The summed E-state index contributed by atoms with van der Waals surface area (Å²) in [5.74, 6) is 1.21. The lowest BCUT2D eigenvalue weighted by Gasteiger charge is -2.26. The van der Waals surface area contributed by atoms with Gasteiger partial charge in [-0.25, -0.2) is 9.97 Å². The van der Waals surface area contributed by atoms with Crippen molar-refractivity contribution in [2.45, 2.75) is 33.4 Å². The molecule has 2 aromatic heterocycles. The smallest absolute Gasteiger partial charge is 0.281 e. The minimum Gasteiger partial charge on any atom is -0.492 e. The molecule has 0 aliphatic carbocycles. The van der Waals surface area contributed by atoms with Crippen molar-refractivity contribution in [3.8, 4) is 5.75 Å². The highest BCUT2D eigenvalue weighted by molar-refractivity contribution is 5.85. The van der Waals surface area contributed by atoms with Gasteiger partial charge in [0, 0.05) is 31.2 Å². The van der Waals surface area contributed by atoms with Crippen molar-refractivity contribution in [2.75, 3.05) is 39.5 Å². The lowest BCUT2D eigenvalue weighted by Crippen LogP contribution is -2.38. The molecule has 8 nitrogen and oxygen atoms in total. The molecule has 1 aliphatic rings. The van der Waals surface area contributed by atoms with Gasteiger partial charge in [0.2, 0.25) is 0 Å². The normalized spacial score (nSPS) is 15.6. The molecule has 3 aromatic rings. The molecule has 4 rings (SSSR count). The third-order valence-electron chi connectivity index (χ3n) is 6.04. The van der Waals surface area contributed by atoms with Crippen LogP contribution in [0.1, 0.15) is 32.4 Å². The fourth-order valence-corrected chi connectivity index (χ4v) is 3.75. The van der Waals surface area contributed by atoms with Crippen LogP contribution in [-0.4, -0.2) is 63.5 Å². The van der Waals surface area contributed by atoms with Crippen LogP contribution in [0.25, 0.3) is 11.2 Å². The van der Waals surface area contributed by atoms with Gasteiger partial charge in [-0.15, -0.1) is 12.4 Å². The van der Waals surface area contributed by atoms with Crippen LogP contribution in [0.4, 0.5) is 0 Å². The summed E-state index contributed by atoms with van der Waals surface area (Å²) in [6.45, 7) is 11.7. The van der Waals surface area contributed by atoms with Gasteiger partial charge in [0.15, 0.2) is 11.2 Å². The zero-order valence-electron chi connectivity index (χ0n) is 18.9. The van der Waals surface area contributed by atoms with Crippen LogP contribution in [0.15, 0.2) is 41.7 Å². The van der Waals surface area contributed by atoms with Crippen LogP contribution in [0, 0.1) is 5.92 Å². The zero-order valence-corrected chi connectivity index (χ0v) is 19.8. The van der Waals surface area contributed by atoms with Crippen LogP contribution in [0.3, 0.4) is 0 Å². The Labute approximate surface area is 194 Å². The Morgan fingerprint density at radius 3 is 2.59 bits per heavy atom. The largest absolute Gasteiger partial charge is 0.492 e. The van der Waals surface area contributed by atoms with Crippen LogP contribution < -0.4 is 10.3 Å². The van der Waals surface area contributed by atoms with Crippen LogP contribution >= 0.6 is 12.4 Å². The number of ether oxygens (including phenoxy) is 2. The molecule has 9 heteroatoms. The van der Waals surface area contributed by atoms with Gasteiger partial charge in [-0.05, 0) is 18.9 Å². The second-order valence-corrected chi connectivity index (χ2v) is 8.40. The third kappa shape index (κ3) is 5.31. The molecule has 0 saturated carbocycles. The van der Waals surface area contributed by atoms with Gasteiger partial charge in [-0.1, -0.05) is 32.0 Å². The Hall–Kier alpha value is -2.42. The van der Waals surface area contributed by atoms with Gasteiger partial charge in [0.05, 0.1) is 26.1 Å². The second-order valence-electron chi connectivity index (χ2n) is 8.40. The highest BCUT2D eigenvalue weighted by Crippen LogP contribution is 2.21. The molecule has 1 aliphatic heterocycles. The highest BCUT2D eigenvalue weighted by atomic mass is 35.5. The minimum absolute atomic E-state index is 0. The fourth-order valence-electron chi connectivity index (χ4n) is 3.75. The molecule has 1 saturated heterocycles. The summed E-state index contributed by atoms with van der Waals surface area (Å²) < 4.78 is 15.0. The topological polar surface area (TPSA) is 74.4 Å². The number of aromatic nitrogens is 4. The summed E-state index contributed by atoms with van der Waals surface area (Å²) in [6, 6.07) is 8.06. The van der Waals surface area contributed by atoms with E-state index in [1.54, 1.807) is 17.2 Å². The van der Waals surface area contributed by atoms with Crippen LogP contribution in [-0.2, 0) is 11.3 Å². The Morgan fingerprint density at radius 1 is 1.09 bits per heavy atom. The Morgan fingerprint density at radius 2 is 1.84 bits per heavy atom. The van der Waals surface area contributed by atoms with Crippen molar-refractivity contribution in [3.05, 3.63) is 52.8 Å². The molecule has 32 heavy (non-hydrogen) atoms. The quantitative estimate of drug-likeness (QED) is 0.513. The molecule has 1 fully saturated rings. The van der Waals surface area contributed by atoms with Gasteiger partial charge in [0.1, 0.15) is 18.7 Å². The lowest BCUT2D eigenvalue weighted by atomic mass is 10.1. The summed E-state index contributed by atoms with van der Waals surface area (Å²) in [4.78, 5) is 24.3. The molecule has 1 atom stereocenters. The number of fused-ring (bicyclic) bond motifs is 1. The second kappa shape index (κ2) is 10.9. The maximum atomic E-state index is 13.1. The van der Waals surface area contributed by atoms with Crippen molar-refractivity contribution >= 4 is 23.6 Å². The number of para-hydroxylation sites is 1. The number of hydrogen-bond donors (Lipinski definition) is 0. The van der Waals surface area contributed by atoms with Crippen molar-refractivity contribution in [2.24, 2.45) is 5.92 Å². The summed E-state index contributed by atoms with van der Waals surface area (Å²) in [5.41, 5.74) is 1.85. The van der Waals surface area contributed by atoms with Gasteiger partial charge >= 0.3 is 0 Å². The van der Waals surface area contributed by atoms with Crippen molar-refractivity contribution in [1.82, 2.24) is 24.0 Å². The van der Waals surface area contributed by atoms with E-state index in [2.05, 4.69) is 35.6 Å². The molecule has 0 N–H and O–H groups in total. The Kier molecular flexibility index (Phi) is 8.28. The van der Waals surface area contributed by atoms with E-state index in [1.165, 1.54) is 0 Å². The monoisotopic (exact) mass is 461 g/mol. The van der Waals surface area contributed by atoms with Gasteiger partial charge < -0.3 is 14.0 Å². The Bertz CT molecular complexity index is 1070.